The van der Waals surface area contributed by atoms with Gasteiger partial charge in [0.25, 0.3) is 0 Å². The number of anilines is 1. The molecule has 1 heterocycles. The molecule has 1 aliphatic heterocycles. The van der Waals surface area contributed by atoms with Gasteiger partial charge < -0.3 is 4.90 Å². The predicted octanol–water partition coefficient (Wildman–Crippen LogP) is 3.56. The van der Waals surface area contributed by atoms with E-state index in [1.54, 1.807) is 12.2 Å². The maximum Gasteiger partial charge on any atom is 0.228 e. The molecule has 0 N–H and O–H groups in total. The lowest BCUT2D eigenvalue weighted by molar-refractivity contribution is -0.120. The average molecular weight is 315 g/mol. The first-order chi connectivity index (χ1) is 11.7. The van der Waals surface area contributed by atoms with Gasteiger partial charge in [0.1, 0.15) is 0 Å². The molecule has 0 fully saturated rings. The van der Waals surface area contributed by atoms with Crippen LogP contribution < -0.4 is 4.90 Å². The van der Waals surface area contributed by atoms with Gasteiger partial charge in [0, 0.05) is 17.5 Å². The molecule has 3 nitrogen and oxygen atoms in total. The molecule has 118 valence electrons. The van der Waals surface area contributed by atoms with E-state index in [9.17, 15) is 9.59 Å². The van der Waals surface area contributed by atoms with E-state index >= 15 is 0 Å². The van der Waals surface area contributed by atoms with Crippen molar-refractivity contribution in [2.75, 3.05) is 4.90 Å². The van der Waals surface area contributed by atoms with E-state index < -0.39 is 5.41 Å². The van der Waals surface area contributed by atoms with Crippen molar-refractivity contribution in [2.24, 2.45) is 0 Å². The lowest BCUT2D eigenvalue weighted by atomic mass is 9.71. The average Bonchev–Trinajstić information content (AvgIpc) is 2.62. The largest absolute Gasteiger partial charge is 0.308 e. The first-order valence-electron chi connectivity index (χ1n) is 8.04. The summed E-state index contributed by atoms with van der Waals surface area (Å²) in [6, 6.07) is 17.9. The minimum Gasteiger partial charge on any atom is -0.308 e. The van der Waals surface area contributed by atoms with Crippen LogP contribution in [0.4, 0.5) is 5.69 Å². The molecule has 0 bridgehead atoms. The van der Waals surface area contributed by atoms with Crippen molar-refractivity contribution in [2.45, 2.75) is 18.4 Å². The van der Waals surface area contributed by atoms with Gasteiger partial charge in [0.15, 0.2) is 5.78 Å². The lowest BCUT2D eigenvalue weighted by Gasteiger charge is -2.40. The van der Waals surface area contributed by atoms with Crippen LogP contribution >= 0.6 is 0 Å². The number of allylic oxidation sites excluding steroid dienone is 4. The van der Waals surface area contributed by atoms with E-state index in [1.807, 2.05) is 71.6 Å². The Kier molecular flexibility index (Phi) is 3.42. The number of ketones is 1. The maximum atomic E-state index is 12.9. The maximum absolute atomic E-state index is 12.9. The highest BCUT2D eigenvalue weighted by atomic mass is 16.2. The summed E-state index contributed by atoms with van der Waals surface area (Å²) in [4.78, 5) is 26.2. The molecule has 1 aliphatic carbocycles. The van der Waals surface area contributed by atoms with Crippen LogP contribution in [0.2, 0.25) is 0 Å². The molecule has 0 aromatic heterocycles. The van der Waals surface area contributed by atoms with E-state index in [4.69, 9.17) is 0 Å². The Balaban J connectivity index is 1.79. The second kappa shape index (κ2) is 5.60. The summed E-state index contributed by atoms with van der Waals surface area (Å²) in [5.74, 6) is 0.0403. The van der Waals surface area contributed by atoms with E-state index in [-0.39, 0.29) is 11.7 Å². The molecule has 0 saturated heterocycles. The first-order valence-corrected chi connectivity index (χ1v) is 8.04. The van der Waals surface area contributed by atoms with E-state index in [1.165, 1.54) is 0 Å². The third-order valence-electron chi connectivity index (χ3n) is 4.71. The topological polar surface area (TPSA) is 37.4 Å². The van der Waals surface area contributed by atoms with Crippen LogP contribution in [0.25, 0.3) is 0 Å². The van der Waals surface area contributed by atoms with Gasteiger partial charge in [-0.3, -0.25) is 9.59 Å². The van der Waals surface area contributed by atoms with Crippen molar-refractivity contribution < 1.29 is 9.59 Å². The highest BCUT2D eigenvalue weighted by Gasteiger charge is 2.40. The van der Waals surface area contributed by atoms with E-state index in [2.05, 4.69) is 0 Å². The van der Waals surface area contributed by atoms with Crippen LogP contribution in [-0.4, -0.2) is 11.7 Å². The van der Waals surface area contributed by atoms with Crippen LogP contribution in [0.1, 0.15) is 17.5 Å². The summed E-state index contributed by atoms with van der Waals surface area (Å²) >= 11 is 0. The van der Waals surface area contributed by atoms with Gasteiger partial charge in [0.05, 0.1) is 6.54 Å². The Morgan fingerprint density at radius 1 is 0.875 bits per heavy atom. The van der Waals surface area contributed by atoms with Crippen molar-refractivity contribution >= 4 is 17.4 Å². The zero-order valence-corrected chi connectivity index (χ0v) is 13.2. The number of fused-ring (bicyclic) bond motifs is 2. The number of amides is 1. The van der Waals surface area contributed by atoms with Crippen LogP contribution in [0.5, 0.6) is 0 Å². The Labute approximate surface area is 140 Å². The molecule has 1 amide bonds. The molecule has 0 unspecified atom stereocenters. The molecule has 24 heavy (non-hydrogen) atoms. The molecule has 1 spiro atoms. The van der Waals surface area contributed by atoms with Gasteiger partial charge in [-0.2, -0.15) is 0 Å². The molecule has 2 aliphatic rings. The fraction of sp³-hybridized carbons (Fsp3) is 0.143. The molecular weight excluding hydrogens is 298 g/mol. The Bertz CT molecular complexity index is 848. The highest BCUT2D eigenvalue weighted by Crippen LogP contribution is 2.44. The summed E-state index contributed by atoms with van der Waals surface area (Å²) in [6.45, 7) is 0.555. The molecule has 3 heteroatoms. The summed E-state index contributed by atoms with van der Waals surface area (Å²) in [7, 11) is 0. The quantitative estimate of drug-likeness (QED) is 0.850. The standard InChI is InChI=1S/C21H17NO2/c23-17-10-12-21(13-11-17)14-20(24)22(15-16-6-2-1-3-7-16)19-9-5-4-8-18(19)21/h1-13H,14-15H2. The fourth-order valence-corrected chi connectivity index (χ4v) is 3.49. The van der Waals surface area contributed by atoms with Crippen molar-refractivity contribution in [3.05, 3.63) is 90.0 Å². The number of carbonyl (C=O) groups excluding carboxylic acids is 2. The summed E-state index contributed by atoms with van der Waals surface area (Å²) < 4.78 is 0. The molecular formula is C21H17NO2. The summed E-state index contributed by atoms with van der Waals surface area (Å²) in [5, 5.41) is 0. The SMILES string of the molecule is O=C1C=CC2(C=C1)CC(=O)N(Cc1ccccc1)c1ccccc12. The number of para-hydroxylation sites is 1. The van der Waals surface area contributed by atoms with Crippen LogP contribution in [-0.2, 0) is 21.5 Å². The van der Waals surface area contributed by atoms with Crippen LogP contribution in [0.3, 0.4) is 0 Å². The van der Waals surface area contributed by atoms with E-state index in [0.717, 1.165) is 16.8 Å². The van der Waals surface area contributed by atoms with Gasteiger partial charge >= 0.3 is 0 Å². The van der Waals surface area contributed by atoms with Gasteiger partial charge in [-0.25, -0.2) is 0 Å². The summed E-state index contributed by atoms with van der Waals surface area (Å²) in [6.07, 6.45) is 7.21. The zero-order valence-electron chi connectivity index (χ0n) is 13.2. The highest BCUT2D eigenvalue weighted by molar-refractivity contribution is 6.03. The molecule has 0 saturated carbocycles. The van der Waals surface area contributed by atoms with Crippen LogP contribution in [0.15, 0.2) is 78.9 Å². The third kappa shape index (κ3) is 2.38. The number of hydrogen-bond acceptors (Lipinski definition) is 2. The number of hydrogen-bond donors (Lipinski definition) is 0. The predicted molar refractivity (Wildman–Crippen MR) is 93.7 cm³/mol. The van der Waals surface area contributed by atoms with Crippen molar-refractivity contribution in [3.8, 4) is 0 Å². The second-order valence-electron chi connectivity index (χ2n) is 6.27. The monoisotopic (exact) mass is 315 g/mol. The number of carbonyl (C=O) groups is 2. The normalized spacial score (nSPS) is 18.1. The van der Waals surface area contributed by atoms with Gasteiger partial charge in [-0.15, -0.1) is 0 Å². The Morgan fingerprint density at radius 2 is 1.54 bits per heavy atom. The van der Waals surface area contributed by atoms with Crippen molar-refractivity contribution in [1.82, 2.24) is 0 Å². The molecule has 4 rings (SSSR count). The minimum atomic E-state index is -0.505. The minimum absolute atomic E-state index is 0.0303. The van der Waals surface area contributed by atoms with Crippen LogP contribution in [0, 0.1) is 0 Å². The number of benzene rings is 2. The zero-order chi connectivity index (χ0) is 16.6. The van der Waals surface area contributed by atoms with Gasteiger partial charge in [-0.1, -0.05) is 60.7 Å². The third-order valence-corrected chi connectivity index (χ3v) is 4.71. The van der Waals surface area contributed by atoms with Gasteiger partial charge in [0.2, 0.25) is 5.91 Å². The second-order valence-corrected chi connectivity index (χ2v) is 6.27. The van der Waals surface area contributed by atoms with Crippen molar-refractivity contribution in [1.29, 1.82) is 0 Å². The molecule has 0 radical (unpaired) electrons. The lowest BCUT2D eigenvalue weighted by Crippen LogP contribution is -2.43. The molecule has 2 aromatic rings. The van der Waals surface area contributed by atoms with E-state index in [0.29, 0.717) is 13.0 Å². The fourth-order valence-electron chi connectivity index (χ4n) is 3.49. The van der Waals surface area contributed by atoms with Crippen molar-refractivity contribution in [3.63, 3.8) is 0 Å². The Hall–Kier alpha value is -2.94. The summed E-state index contributed by atoms with van der Waals surface area (Å²) in [5.41, 5.74) is 2.58. The number of nitrogens with zero attached hydrogens (tertiary/aromatic N) is 1. The van der Waals surface area contributed by atoms with Gasteiger partial charge in [-0.05, 0) is 29.3 Å². The number of rotatable bonds is 2. The molecule has 0 atom stereocenters. The molecule has 2 aromatic carbocycles. The first kappa shape index (κ1) is 14.6. The Morgan fingerprint density at radius 3 is 2.29 bits per heavy atom. The smallest absolute Gasteiger partial charge is 0.228 e.